The van der Waals surface area contributed by atoms with Crippen LogP contribution in [0.5, 0.6) is 0 Å². The van der Waals surface area contributed by atoms with E-state index in [0.29, 0.717) is 11.5 Å². The third-order valence-corrected chi connectivity index (χ3v) is 3.67. The molecule has 1 N–H and O–H groups in total. The number of aryl methyl sites for hydroxylation is 1. The van der Waals surface area contributed by atoms with E-state index in [1.54, 1.807) is 0 Å². The van der Waals surface area contributed by atoms with Gasteiger partial charge in [0.25, 0.3) is 0 Å². The van der Waals surface area contributed by atoms with Gasteiger partial charge in [0.1, 0.15) is 0 Å². The quantitative estimate of drug-likeness (QED) is 0.798. The number of rotatable bonds is 3. The maximum Gasteiger partial charge on any atom is 0.0345 e. The molecule has 0 aromatic heterocycles. The van der Waals surface area contributed by atoms with E-state index >= 15 is 0 Å². The molecule has 1 heteroatoms. The van der Waals surface area contributed by atoms with Crippen molar-refractivity contribution in [2.24, 2.45) is 5.41 Å². The van der Waals surface area contributed by atoms with E-state index in [0.717, 1.165) is 6.42 Å². The van der Waals surface area contributed by atoms with Gasteiger partial charge in [-0.05, 0) is 48.8 Å². The highest BCUT2D eigenvalue weighted by atomic mass is 14.9. The Balaban J connectivity index is 1.99. The molecule has 1 aromatic carbocycles. The molecule has 0 saturated heterocycles. The maximum absolute atomic E-state index is 3.67. The molecule has 1 saturated carbocycles. The Morgan fingerprint density at radius 2 is 2.19 bits per heavy atom. The van der Waals surface area contributed by atoms with Crippen LogP contribution in [0.1, 0.15) is 45.6 Å². The van der Waals surface area contributed by atoms with Crippen LogP contribution in [0.25, 0.3) is 0 Å². The standard InChI is InChI=1S/C15H23N/c1-4-12-6-5-7-13(10-12)16-14-8-9-15(2,3)11-14/h5-7,10,14,16H,4,8-9,11H2,1-3H3. The van der Waals surface area contributed by atoms with Gasteiger partial charge in [0, 0.05) is 11.7 Å². The third kappa shape index (κ3) is 2.78. The molecule has 0 heterocycles. The monoisotopic (exact) mass is 217 g/mol. The van der Waals surface area contributed by atoms with Crippen LogP contribution < -0.4 is 5.32 Å². The summed E-state index contributed by atoms with van der Waals surface area (Å²) in [6, 6.07) is 9.49. The van der Waals surface area contributed by atoms with Gasteiger partial charge in [0.15, 0.2) is 0 Å². The van der Waals surface area contributed by atoms with Gasteiger partial charge in [0.05, 0.1) is 0 Å². The van der Waals surface area contributed by atoms with E-state index in [1.165, 1.54) is 30.5 Å². The molecule has 1 nitrogen and oxygen atoms in total. The third-order valence-electron chi connectivity index (χ3n) is 3.67. The number of anilines is 1. The molecule has 16 heavy (non-hydrogen) atoms. The molecule has 1 fully saturated rings. The smallest absolute Gasteiger partial charge is 0.0345 e. The summed E-state index contributed by atoms with van der Waals surface area (Å²) >= 11 is 0. The summed E-state index contributed by atoms with van der Waals surface area (Å²) in [5.41, 5.74) is 3.24. The molecule has 1 aliphatic rings. The van der Waals surface area contributed by atoms with Crippen LogP contribution in [0.2, 0.25) is 0 Å². The highest BCUT2D eigenvalue weighted by Crippen LogP contribution is 2.38. The summed E-state index contributed by atoms with van der Waals surface area (Å²) in [7, 11) is 0. The predicted octanol–water partition coefficient (Wildman–Crippen LogP) is 4.24. The predicted molar refractivity (Wildman–Crippen MR) is 70.9 cm³/mol. The Kier molecular flexibility index (Phi) is 3.22. The second-order valence-corrected chi connectivity index (χ2v) is 5.80. The van der Waals surface area contributed by atoms with Crippen molar-refractivity contribution in [3.63, 3.8) is 0 Å². The first kappa shape index (κ1) is 11.5. The van der Waals surface area contributed by atoms with E-state index in [-0.39, 0.29) is 0 Å². The van der Waals surface area contributed by atoms with Crippen LogP contribution in [0, 0.1) is 5.41 Å². The van der Waals surface area contributed by atoms with Crippen molar-refractivity contribution in [3.8, 4) is 0 Å². The highest BCUT2D eigenvalue weighted by molar-refractivity contribution is 5.46. The van der Waals surface area contributed by atoms with Crippen LogP contribution in [-0.4, -0.2) is 6.04 Å². The Morgan fingerprint density at radius 3 is 2.81 bits per heavy atom. The molecule has 1 unspecified atom stereocenters. The fourth-order valence-electron chi connectivity index (χ4n) is 2.68. The van der Waals surface area contributed by atoms with Crippen molar-refractivity contribution in [3.05, 3.63) is 29.8 Å². The molecule has 0 amide bonds. The number of hydrogen-bond donors (Lipinski definition) is 1. The van der Waals surface area contributed by atoms with Gasteiger partial charge in [-0.15, -0.1) is 0 Å². The summed E-state index contributed by atoms with van der Waals surface area (Å²) in [6.45, 7) is 6.95. The molecule has 0 aliphatic heterocycles. The zero-order chi connectivity index (χ0) is 11.6. The second kappa shape index (κ2) is 4.48. The summed E-state index contributed by atoms with van der Waals surface area (Å²) < 4.78 is 0. The van der Waals surface area contributed by atoms with E-state index in [9.17, 15) is 0 Å². The lowest BCUT2D eigenvalue weighted by Crippen LogP contribution is -2.17. The first-order valence-electron chi connectivity index (χ1n) is 6.44. The van der Waals surface area contributed by atoms with Gasteiger partial charge in [-0.3, -0.25) is 0 Å². The van der Waals surface area contributed by atoms with E-state index in [1.807, 2.05) is 0 Å². The minimum Gasteiger partial charge on any atom is -0.382 e. The molecule has 0 radical (unpaired) electrons. The molecule has 0 spiro atoms. The number of hydrogen-bond acceptors (Lipinski definition) is 1. The van der Waals surface area contributed by atoms with Gasteiger partial charge >= 0.3 is 0 Å². The van der Waals surface area contributed by atoms with Crippen LogP contribution in [-0.2, 0) is 6.42 Å². The zero-order valence-corrected chi connectivity index (χ0v) is 10.7. The van der Waals surface area contributed by atoms with E-state index < -0.39 is 0 Å². The SMILES string of the molecule is CCc1cccc(NC2CCC(C)(C)C2)c1. The van der Waals surface area contributed by atoms with Crippen molar-refractivity contribution in [1.82, 2.24) is 0 Å². The number of benzene rings is 1. The van der Waals surface area contributed by atoms with Gasteiger partial charge in [-0.1, -0.05) is 32.9 Å². The molecule has 1 aliphatic carbocycles. The lowest BCUT2D eigenvalue weighted by Gasteiger charge is -2.18. The van der Waals surface area contributed by atoms with Gasteiger partial charge < -0.3 is 5.32 Å². The number of nitrogens with one attached hydrogen (secondary N) is 1. The van der Waals surface area contributed by atoms with Crippen molar-refractivity contribution >= 4 is 5.69 Å². The average molecular weight is 217 g/mol. The van der Waals surface area contributed by atoms with Crippen molar-refractivity contribution in [2.45, 2.75) is 52.5 Å². The lowest BCUT2D eigenvalue weighted by molar-refractivity contribution is 0.378. The molecule has 0 bridgehead atoms. The van der Waals surface area contributed by atoms with E-state index in [2.05, 4.69) is 50.4 Å². The second-order valence-electron chi connectivity index (χ2n) is 5.80. The molecule has 1 atom stereocenters. The normalized spacial score (nSPS) is 23.3. The van der Waals surface area contributed by atoms with Crippen LogP contribution in [0.4, 0.5) is 5.69 Å². The Hall–Kier alpha value is -0.980. The highest BCUT2D eigenvalue weighted by Gasteiger charge is 2.30. The molecular weight excluding hydrogens is 194 g/mol. The van der Waals surface area contributed by atoms with Crippen LogP contribution >= 0.6 is 0 Å². The van der Waals surface area contributed by atoms with Gasteiger partial charge in [-0.2, -0.15) is 0 Å². The summed E-state index contributed by atoms with van der Waals surface area (Å²) in [4.78, 5) is 0. The van der Waals surface area contributed by atoms with Crippen molar-refractivity contribution in [1.29, 1.82) is 0 Å². The summed E-state index contributed by atoms with van der Waals surface area (Å²) in [6.07, 6.45) is 5.07. The topological polar surface area (TPSA) is 12.0 Å². The van der Waals surface area contributed by atoms with Gasteiger partial charge in [-0.25, -0.2) is 0 Å². The minimum absolute atomic E-state index is 0.528. The first-order chi connectivity index (χ1) is 7.59. The van der Waals surface area contributed by atoms with Crippen molar-refractivity contribution < 1.29 is 0 Å². The molecule has 88 valence electrons. The van der Waals surface area contributed by atoms with E-state index in [4.69, 9.17) is 0 Å². The largest absolute Gasteiger partial charge is 0.382 e. The molecule has 2 rings (SSSR count). The fraction of sp³-hybridized carbons (Fsp3) is 0.600. The molecular formula is C15H23N. The van der Waals surface area contributed by atoms with Gasteiger partial charge in [0.2, 0.25) is 0 Å². The molecule has 1 aromatic rings. The summed E-state index contributed by atoms with van der Waals surface area (Å²) in [5, 5.41) is 3.67. The minimum atomic E-state index is 0.528. The van der Waals surface area contributed by atoms with Crippen molar-refractivity contribution in [2.75, 3.05) is 5.32 Å². The Bertz CT molecular complexity index is 354. The Morgan fingerprint density at radius 1 is 1.38 bits per heavy atom. The zero-order valence-electron chi connectivity index (χ0n) is 10.7. The fourth-order valence-corrected chi connectivity index (χ4v) is 2.68. The summed E-state index contributed by atoms with van der Waals surface area (Å²) in [5.74, 6) is 0. The Labute approximate surface area is 99.3 Å². The lowest BCUT2D eigenvalue weighted by atomic mass is 9.92. The maximum atomic E-state index is 3.67. The average Bonchev–Trinajstić information content (AvgIpc) is 2.58. The van der Waals surface area contributed by atoms with Crippen LogP contribution in [0.3, 0.4) is 0 Å². The van der Waals surface area contributed by atoms with Crippen LogP contribution in [0.15, 0.2) is 24.3 Å². The first-order valence-corrected chi connectivity index (χ1v) is 6.44.